The molecule has 0 aliphatic heterocycles. The number of rotatable bonds is 3. The van der Waals surface area contributed by atoms with Gasteiger partial charge >= 0.3 is 0 Å². The van der Waals surface area contributed by atoms with Crippen molar-refractivity contribution in [2.75, 3.05) is 19.5 Å². The van der Waals surface area contributed by atoms with E-state index in [-0.39, 0.29) is 0 Å². The second kappa shape index (κ2) is 4.22. The molecule has 16 heavy (non-hydrogen) atoms. The van der Waals surface area contributed by atoms with E-state index < -0.39 is 0 Å². The van der Waals surface area contributed by atoms with E-state index in [2.05, 4.69) is 15.5 Å². The zero-order valence-corrected chi connectivity index (χ0v) is 9.56. The molecule has 1 aromatic carbocycles. The number of methoxy groups -OCH3 is 1. The van der Waals surface area contributed by atoms with Crippen LogP contribution in [0.3, 0.4) is 0 Å². The number of hydrogen-bond donors (Lipinski definition) is 1. The first-order valence-electron chi connectivity index (χ1n) is 4.98. The largest absolute Gasteiger partial charge is 0.497 e. The number of benzene rings is 1. The molecular formula is C11H14N4O. The minimum atomic E-state index is 0.741. The van der Waals surface area contributed by atoms with E-state index in [1.165, 1.54) is 0 Å². The lowest BCUT2D eigenvalue weighted by Gasteiger charge is -2.04. The van der Waals surface area contributed by atoms with E-state index in [0.717, 1.165) is 23.1 Å². The second-order valence-corrected chi connectivity index (χ2v) is 3.38. The van der Waals surface area contributed by atoms with E-state index in [1.807, 2.05) is 42.9 Å². The van der Waals surface area contributed by atoms with Gasteiger partial charge in [-0.25, -0.2) is 0 Å². The quantitative estimate of drug-likeness (QED) is 0.848. The molecule has 0 unspecified atom stereocenters. The molecule has 0 saturated heterocycles. The highest BCUT2D eigenvalue weighted by atomic mass is 16.5. The Morgan fingerprint density at radius 2 is 1.88 bits per heavy atom. The van der Waals surface area contributed by atoms with Crippen molar-refractivity contribution in [3.8, 4) is 17.1 Å². The van der Waals surface area contributed by atoms with E-state index in [9.17, 15) is 0 Å². The summed E-state index contributed by atoms with van der Waals surface area (Å²) in [6.07, 6.45) is 0. The van der Waals surface area contributed by atoms with Crippen LogP contribution < -0.4 is 10.1 Å². The molecule has 0 aliphatic carbocycles. The molecule has 0 aliphatic rings. The number of nitrogens with one attached hydrogen (secondary N) is 1. The molecule has 5 heteroatoms. The van der Waals surface area contributed by atoms with Gasteiger partial charge in [0.1, 0.15) is 5.75 Å². The lowest BCUT2D eigenvalue weighted by molar-refractivity contribution is 0.415. The van der Waals surface area contributed by atoms with Gasteiger partial charge < -0.3 is 10.1 Å². The summed E-state index contributed by atoms with van der Waals surface area (Å²) in [4.78, 5) is 0. The van der Waals surface area contributed by atoms with Crippen LogP contribution in [0.25, 0.3) is 11.4 Å². The first kappa shape index (κ1) is 10.5. The van der Waals surface area contributed by atoms with Crippen molar-refractivity contribution in [1.29, 1.82) is 0 Å². The number of aromatic nitrogens is 3. The molecule has 0 fully saturated rings. The van der Waals surface area contributed by atoms with Gasteiger partial charge in [-0.1, -0.05) is 0 Å². The SMILES string of the molecule is CNc1nnc(-c2ccc(OC)cc2)n1C. The van der Waals surface area contributed by atoms with Crippen LogP contribution in [0, 0.1) is 0 Å². The van der Waals surface area contributed by atoms with Crippen LogP contribution in [-0.4, -0.2) is 28.9 Å². The zero-order chi connectivity index (χ0) is 11.5. The van der Waals surface area contributed by atoms with Crippen molar-refractivity contribution in [3.05, 3.63) is 24.3 Å². The molecule has 84 valence electrons. The molecule has 0 bridgehead atoms. The molecule has 2 rings (SSSR count). The van der Waals surface area contributed by atoms with Crippen LogP contribution in [0.1, 0.15) is 0 Å². The smallest absolute Gasteiger partial charge is 0.224 e. The van der Waals surface area contributed by atoms with Crippen molar-refractivity contribution in [3.63, 3.8) is 0 Å². The molecule has 0 atom stereocenters. The van der Waals surface area contributed by atoms with E-state index in [4.69, 9.17) is 4.74 Å². The standard InChI is InChI=1S/C11H14N4O/c1-12-11-14-13-10(15(11)2)8-4-6-9(16-3)7-5-8/h4-7H,1-3H3,(H,12,14). The molecule has 2 aromatic rings. The number of anilines is 1. The van der Waals surface area contributed by atoms with Crippen LogP contribution >= 0.6 is 0 Å². The molecular weight excluding hydrogens is 204 g/mol. The summed E-state index contributed by atoms with van der Waals surface area (Å²) in [7, 11) is 5.39. The van der Waals surface area contributed by atoms with Crippen LogP contribution in [0.5, 0.6) is 5.75 Å². The Morgan fingerprint density at radius 1 is 1.19 bits per heavy atom. The Kier molecular flexibility index (Phi) is 2.76. The Bertz CT molecular complexity index is 475. The maximum Gasteiger partial charge on any atom is 0.224 e. The average Bonchev–Trinajstić information content (AvgIpc) is 2.70. The number of ether oxygens (including phenoxy) is 1. The minimum absolute atomic E-state index is 0.741. The van der Waals surface area contributed by atoms with Crippen LogP contribution in [-0.2, 0) is 7.05 Å². The topological polar surface area (TPSA) is 52.0 Å². The number of nitrogens with zero attached hydrogens (tertiary/aromatic N) is 3. The maximum atomic E-state index is 5.11. The van der Waals surface area contributed by atoms with Crippen molar-refractivity contribution in [2.24, 2.45) is 7.05 Å². The lowest BCUT2D eigenvalue weighted by atomic mass is 10.2. The first-order valence-corrected chi connectivity index (χ1v) is 4.98. The van der Waals surface area contributed by atoms with Crippen LogP contribution in [0.4, 0.5) is 5.95 Å². The third-order valence-electron chi connectivity index (χ3n) is 2.45. The van der Waals surface area contributed by atoms with Gasteiger partial charge in [-0.15, -0.1) is 10.2 Å². The fraction of sp³-hybridized carbons (Fsp3) is 0.273. The Balaban J connectivity index is 2.38. The first-order chi connectivity index (χ1) is 7.76. The van der Waals surface area contributed by atoms with Crippen molar-refractivity contribution < 1.29 is 4.74 Å². The van der Waals surface area contributed by atoms with Gasteiger partial charge in [0.15, 0.2) is 5.82 Å². The van der Waals surface area contributed by atoms with Crippen LogP contribution in [0.2, 0.25) is 0 Å². The van der Waals surface area contributed by atoms with Crippen LogP contribution in [0.15, 0.2) is 24.3 Å². The Morgan fingerprint density at radius 3 is 2.38 bits per heavy atom. The highest BCUT2D eigenvalue weighted by molar-refractivity contribution is 5.58. The molecule has 0 radical (unpaired) electrons. The third-order valence-corrected chi connectivity index (χ3v) is 2.45. The van der Waals surface area contributed by atoms with Crippen molar-refractivity contribution >= 4 is 5.95 Å². The average molecular weight is 218 g/mol. The van der Waals surface area contributed by atoms with E-state index >= 15 is 0 Å². The lowest BCUT2D eigenvalue weighted by Crippen LogP contribution is -1.99. The minimum Gasteiger partial charge on any atom is -0.497 e. The normalized spacial score (nSPS) is 10.2. The van der Waals surface area contributed by atoms with Gasteiger partial charge in [-0.2, -0.15) is 0 Å². The summed E-state index contributed by atoms with van der Waals surface area (Å²) in [6, 6.07) is 7.73. The van der Waals surface area contributed by atoms with Gasteiger partial charge in [-0.3, -0.25) is 4.57 Å². The highest BCUT2D eigenvalue weighted by Crippen LogP contribution is 2.21. The molecule has 1 aromatic heterocycles. The summed E-state index contributed by atoms with van der Waals surface area (Å²) in [5.41, 5.74) is 1.01. The predicted octanol–water partition coefficient (Wildman–Crippen LogP) is 1.53. The van der Waals surface area contributed by atoms with E-state index in [1.54, 1.807) is 7.11 Å². The summed E-state index contributed by atoms with van der Waals surface area (Å²) < 4.78 is 7.01. The fourth-order valence-corrected chi connectivity index (χ4v) is 1.54. The molecule has 5 nitrogen and oxygen atoms in total. The molecule has 1 N–H and O–H groups in total. The fourth-order valence-electron chi connectivity index (χ4n) is 1.54. The molecule has 0 spiro atoms. The van der Waals surface area contributed by atoms with Crippen molar-refractivity contribution in [1.82, 2.24) is 14.8 Å². The monoisotopic (exact) mass is 218 g/mol. The summed E-state index contributed by atoms with van der Waals surface area (Å²) in [5.74, 6) is 2.40. The molecule has 1 heterocycles. The number of hydrogen-bond acceptors (Lipinski definition) is 4. The van der Waals surface area contributed by atoms with Gasteiger partial charge in [0.2, 0.25) is 5.95 Å². The van der Waals surface area contributed by atoms with E-state index in [0.29, 0.717) is 0 Å². The van der Waals surface area contributed by atoms with Gasteiger partial charge in [0, 0.05) is 19.7 Å². The summed E-state index contributed by atoms with van der Waals surface area (Å²) in [5, 5.41) is 11.1. The van der Waals surface area contributed by atoms with Crippen molar-refractivity contribution in [2.45, 2.75) is 0 Å². The zero-order valence-electron chi connectivity index (χ0n) is 9.56. The second-order valence-electron chi connectivity index (χ2n) is 3.38. The predicted molar refractivity (Wildman–Crippen MR) is 62.5 cm³/mol. The third kappa shape index (κ3) is 1.71. The Labute approximate surface area is 94.1 Å². The van der Waals surface area contributed by atoms with Gasteiger partial charge in [-0.05, 0) is 24.3 Å². The Hall–Kier alpha value is -2.04. The molecule has 0 amide bonds. The summed E-state index contributed by atoms with van der Waals surface area (Å²) >= 11 is 0. The maximum absolute atomic E-state index is 5.11. The molecule has 0 saturated carbocycles. The highest BCUT2D eigenvalue weighted by Gasteiger charge is 2.08. The van der Waals surface area contributed by atoms with Gasteiger partial charge in [0.25, 0.3) is 0 Å². The van der Waals surface area contributed by atoms with Gasteiger partial charge in [0.05, 0.1) is 7.11 Å². The summed E-state index contributed by atoms with van der Waals surface area (Å²) in [6.45, 7) is 0.